The molecule has 0 aromatic carbocycles. The second-order valence-electron chi connectivity index (χ2n) is 14.9. The van der Waals surface area contributed by atoms with E-state index < -0.39 is 0 Å². The maximum absolute atomic E-state index is 3.77. The summed E-state index contributed by atoms with van der Waals surface area (Å²) in [6.45, 7) is 26.9. The average Bonchev–Trinajstić information content (AvgIpc) is 3.55. The van der Waals surface area contributed by atoms with Gasteiger partial charge in [0.1, 0.15) is 46.5 Å². The number of aromatic nitrogens is 4. The molecule has 8 heteroatoms. The molecule has 0 saturated heterocycles. The molecule has 0 radical (unpaired) electrons. The van der Waals surface area contributed by atoms with Gasteiger partial charge >= 0.3 is 0 Å². The minimum absolute atomic E-state index is 0.179. The first-order valence-corrected chi connectivity index (χ1v) is 14.3. The van der Waals surface area contributed by atoms with Crippen LogP contribution in [-0.4, -0.2) is 42.1 Å². The lowest BCUT2D eigenvalue weighted by molar-refractivity contribution is 0.540. The Balaban J connectivity index is 1.80. The number of anilines is 8. The van der Waals surface area contributed by atoms with Crippen molar-refractivity contribution in [1.82, 2.24) is 19.9 Å². The summed E-state index contributed by atoms with van der Waals surface area (Å²) in [6.07, 6.45) is 0. The summed E-state index contributed by atoms with van der Waals surface area (Å²) < 4.78 is 0. The van der Waals surface area contributed by atoms with Crippen LogP contribution in [0.5, 0.6) is 0 Å². The fraction of sp³-hybridized carbons (Fsp3) is 0.500. The standard InChI is InChI=1S/C32H48N8/c1-29(2,3)37-21-13-15-23(33-21)38(30(4,5)6)25-17-19-27(35-25)40(32(10,11)12)28-20-18-26(36-28)39(31(7,8)9)24-16-14-22(37)34-24/h13-20,33-36H,1-12H3. The van der Waals surface area contributed by atoms with Crippen LogP contribution in [0, 0.1) is 0 Å². The molecule has 1 aliphatic rings. The van der Waals surface area contributed by atoms with Crippen LogP contribution in [0.3, 0.4) is 0 Å². The summed E-state index contributed by atoms with van der Waals surface area (Å²) >= 11 is 0. The highest BCUT2D eigenvalue weighted by Crippen LogP contribution is 2.43. The predicted octanol–water partition coefficient (Wildman–Crippen LogP) is 9.06. The van der Waals surface area contributed by atoms with Gasteiger partial charge in [0.2, 0.25) is 0 Å². The minimum atomic E-state index is -0.179. The van der Waals surface area contributed by atoms with Crippen molar-refractivity contribution in [2.75, 3.05) is 19.6 Å². The van der Waals surface area contributed by atoms with Crippen molar-refractivity contribution in [2.24, 2.45) is 0 Å². The smallest absolute Gasteiger partial charge is 0.113 e. The van der Waals surface area contributed by atoms with Crippen LogP contribution < -0.4 is 19.6 Å². The third-order valence-corrected chi connectivity index (χ3v) is 7.23. The number of rotatable bonds is 0. The van der Waals surface area contributed by atoms with E-state index in [1.54, 1.807) is 0 Å². The molecule has 5 rings (SSSR count). The first-order chi connectivity index (χ1) is 18.4. The number of nitrogens with zero attached hydrogens (tertiary/aromatic N) is 4. The molecule has 0 spiro atoms. The van der Waals surface area contributed by atoms with Crippen LogP contribution in [0.25, 0.3) is 0 Å². The van der Waals surface area contributed by atoms with Gasteiger partial charge in [-0.1, -0.05) is 0 Å². The van der Waals surface area contributed by atoms with Crippen LogP contribution in [0.2, 0.25) is 0 Å². The van der Waals surface area contributed by atoms with Gasteiger partial charge in [-0.05, 0) is 132 Å². The van der Waals surface area contributed by atoms with Crippen molar-refractivity contribution in [3.05, 3.63) is 48.5 Å². The van der Waals surface area contributed by atoms with Crippen LogP contribution in [0.15, 0.2) is 48.5 Å². The third-order valence-electron chi connectivity index (χ3n) is 7.23. The number of nitrogens with one attached hydrogen (secondary N) is 4. The molecule has 4 N–H and O–H groups in total. The van der Waals surface area contributed by atoms with Crippen LogP contribution >= 0.6 is 0 Å². The van der Waals surface area contributed by atoms with Gasteiger partial charge in [0.15, 0.2) is 0 Å². The second kappa shape index (κ2) is 8.91. The maximum atomic E-state index is 3.77. The second-order valence-corrected chi connectivity index (χ2v) is 14.9. The Hall–Kier alpha value is -3.68. The summed E-state index contributed by atoms with van der Waals surface area (Å²) in [5, 5.41) is 0. The molecule has 40 heavy (non-hydrogen) atoms. The van der Waals surface area contributed by atoms with E-state index in [9.17, 15) is 0 Å². The largest absolute Gasteiger partial charge is 0.328 e. The summed E-state index contributed by atoms with van der Waals surface area (Å²) in [5.74, 6) is 8.26. The molecule has 4 aromatic rings. The number of aromatic amines is 4. The Bertz CT molecular complexity index is 1170. The number of H-pyrrole nitrogens is 4. The SMILES string of the molecule is CC(C)(C)N1c2ccc([nH]2)N(C(C)(C)C)c2ccc([nH]2)N(C(C)(C)C)c2ccc([nH]2)N(C(C)(C)C)c2ccc1[nH]2. The molecule has 0 amide bonds. The topological polar surface area (TPSA) is 76.1 Å². The normalized spacial score (nSPS) is 15.3. The Labute approximate surface area is 239 Å². The van der Waals surface area contributed by atoms with E-state index in [0.717, 1.165) is 46.5 Å². The van der Waals surface area contributed by atoms with Crippen molar-refractivity contribution in [3.8, 4) is 0 Å². The Kier molecular flexibility index (Phi) is 6.21. The zero-order valence-corrected chi connectivity index (χ0v) is 26.4. The molecule has 0 aliphatic carbocycles. The molecular weight excluding hydrogens is 496 g/mol. The minimum Gasteiger partial charge on any atom is -0.328 e. The summed E-state index contributed by atoms with van der Waals surface area (Å²) in [6, 6.07) is 17.5. The molecule has 0 saturated carbocycles. The number of fused-ring (bicyclic) bond motifs is 8. The Morgan fingerprint density at radius 3 is 0.525 bits per heavy atom. The fourth-order valence-corrected chi connectivity index (χ4v) is 5.94. The van der Waals surface area contributed by atoms with E-state index in [1.807, 2.05) is 0 Å². The zero-order chi connectivity index (χ0) is 29.4. The molecule has 0 fully saturated rings. The van der Waals surface area contributed by atoms with Gasteiger partial charge in [-0.3, -0.25) is 0 Å². The summed E-state index contributed by atoms with van der Waals surface area (Å²) in [4.78, 5) is 24.4. The van der Waals surface area contributed by atoms with Gasteiger partial charge in [-0.25, -0.2) is 0 Å². The summed E-state index contributed by atoms with van der Waals surface area (Å²) in [7, 11) is 0. The molecule has 0 unspecified atom stereocenters. The highest BCUT2D eigenvalue weighted by molar-refractivity contribution is 5.74. The molecule has 4 aromatic heterocycles. The van der Waals surface area contributed by atoms with Gasteiger partial charge in [-0.2, -0.15) is 0 Å². The Morgan fingerprint density at radius 1 is 0.300 bits per heavy atom. The molecule has 1 aliphatic heterocycles. The van der Waals surface area contributed by atoms with E-state index >= 15 is 0 Å². The van der Waals surface area contributed by atoms with Gasteiger partial charge in [0, 0.05) is 22.2 Å². The van der Waals surface area contributed by atoms with Crippen LogP contribution in [-0.2, 0) is 0 Å². The fourth-order valence-electron chi connectivity index (χ4n) is 5.94. The quantitative estimate of drug-likeness (QED) is 0.178. The van der Waals surface area contributed by atoms with Gasteiger partial charge in [-0.15, -0.1) is 0 Å². The lowest BCUT2D eigenvalue weighted by Gasteiger charge is -2.39. The van der Waals surface area contributed by atoms with Crippen molar-refractivity contribution in [1.29, 1.82) is 0 Å². The molecule has 0 atom stereocenters. The first-order valence-electron chi connectivity index (χ1n) is 14.3. The number of hydrogen-bond acceptors (Lipinski definition) is 4. The Morgan fingerprint density at radius 2 is 0.425 bits per heavy atom. The summed E-state index contributed by atoms with van der Waals surface area (Å²) in [5.41, 5.74) is -0.717. The van der Waals surface area contributed by atoms with E-state index in [0.29, 0.717) is 0 Å². The lowest BCUT2D eigenvalue weighted by atomic mass is 10.1. The van der Waals surface area contributed by atoms with Crippen LogP contribution in [0.1, 0.15) is 83.1 Å². The van der Waals surface area contributed by atoms with E-state index in [-0.39, 0.29) is 22.2 Å². The maximum Gasteiger partial charge on any atom is 0.113 e. The van der Waals surface area contributed by atoms with Gasteiger partial charge in [0.05, 0.1) is 0 Å². The van der Waals surface area contributed by atoms with Crippen molar-refractivity contribution >= 4 is 46.5 Å². The highest BCUT2D eigenvalue weighted by atomic mass is 15.4. The van der Waals surface area contributed by atoms with Gasteiger partial charge in [0.25, 0.3) is 0 Å². The van der Waals surface area contributed by atoms with Crippen molar-refractivity contribution in [2.45, 2.75) is 105 Å². The monoisotopic (exact) mass is 544 g/mol. The molecule has 216 valence electrons. The van der Waals surface area contributed by atoms with E-state index in [4.69, 9.17) is 0 Å². The highest BCUT2D eigenvalue weighted by Gasteiger charge is 2.34. The van der Waals surface area contributed by atoms with Gasteiger partial charge < -0.3 is 39.5 Å². The predicted molar refractivity (Wildman–Crippen MR) is 171 cm³/mol. The molecular formula is C32H48N8. The average molecular weight is 545 g/mol. The lowest BCUT2D eigenvalue weighted by Crippen LogP contribution is -2.40. The molecule has 8 bridgehead atoms. The third kappa shape index (κ3) is 4.88. The van der Waals surface area contributed by atoms with E-state index in [2.05, 4.69) is 171 Å². The van der Waals surface area contributed by atoms with Crippen LogP contribution in [0.4, 0.5) is 46.5 Å². The van der Waals surface area contributed by atoms with Crippen molar-refractivity contribution < 1.29 is 0 Å². The zero-order valence-electron chi connectivity index (χ0n) is 26.4. The first kappa shape index (κ1) is 27.9. The van der Waals surface area contributed by atoms with E-state index in [1.165, 1.54) is 0 Å². The van der Waals surface area contributed by atoms with Crippen molar-refractivity contribution in [3.63, 3.8) is 0 Å². The number of hydrogen-bond donors (Lipinski definition) is 4. The molecule has 5 heterocycles. The molecule has 8 nitrogen and oxygen atoms in total.